The molecule has 1 amide bonds. The molecule has 152 valence electrons. The SMILES string of the molecule is Cc1cc(C)c(NC(=O)COC(=O)C2c3ccccc3Oc3ccccc32)c(C)c1. The summed E-state index contributed by atoms with van der Waals surface area (Å²) in [6, 6.07) is 18.8. The molecular weight excluding hydrogens is 378 g/mol. The van der Waals surface area contributed by atoms with Gasteiger partial charge in [0.1, 0.15) is 17.4 Å². The van der Waals surface area contributed by atoms with Gasteiger partial charge in [0, 0.05) is 16.8 Å². The quantitative estimate of drug-likeness (QED) is 0.623. The van der Waals surface area contributed by atoms with Crippen LogP contribution in [0.25, 0.3) is 0 Å². The van der Waals surface area contributed by atoms with E-state index in [0.717, 1.165) is 33.5 Å². The van der Waals surface area contributed by atoms with E-state index >= 15 is 0 Å². The molecule has 1 heterocycles. The van der Waals surface area contributed by atoms with Crippen molar-refractivity contribution in [1.82, 2.24) is 0 Å². The third kappa shape index (κ3) is 3.79. The standard InChI is InChI=1S/C25H23NO4/c1-15-12-16(2)24(17(3)13-15)26-22(27)14-29-25(28)23-18-8-4-6-10-20(18)30-21-11-7-5-9-19(21)23/h4-13,23H,14H2,1-3H3,(H,26,27). The fourth-order valence-corrected chi connectivity index (χ4v) is 3.94. The molecule has 0 radical (unpaired) electrons. The molecule has 0 aromatic heterocycles. The molecule has 1 aliphatic heterocycles. The van der Waals surface area contributed by atoms with Crippen LogP contribution in [0.3, 0.4) is 0 Å². The van der Waals surface area contributed by atoms with E-state index in [0.29, 0.717) is 11.5 Å². The first-order valence-corrected chi connectivity index (χ1v) is 9.84. The maximum absolute atomic E-state index is 13.0. The number of hydrogen-bond acceptors (Lipinski definition) is 4. The molecule has 0 bridgehead atoms. The van der Waals surface area contributed by atoms with Crippen molar-refractivity contribution in [3.8, 4) is 11.5 Å². The number of carbonyl (C=O) groups excluding carboxylic acids is 2. The predicted octanol–water partition coefficient (Wildman–Crippen LogP) is 5.03. The van der Waals surface area contributed by atoms with Crippen LogP contribution in [-0.2, 0) is 14.3 Å². The Balaban J connectivity index is 1.51. The third-order valence-corrected chi connectivity index (χ3v) is 5.20. The molecule has 0 saturated carbocycles. The molecule has 3 aromatic rings. The zero-order valence-corrected chi connectivity index (χ0v) is 17.2. The van der Waals surface area contributed by atoms with E-state index in [2.05, 4.69) is 5.32 Å². The summed E-state index contributed by atoms with van der Waals surface area (Å²) in [7, 11) is 0. The summed E-state index contributed by atoms with van der Waals surface area (Å²) in [5.41, 5.74) is 5.28. The van der Waals surface area contributed by atoms with E-state index in [1.54, 1.807) is 0 Å². The highest BCUT2D eigenvalue weighted by atomic mass is 16.5. The van der Waals surface area contributed by atoms with Crippen molar-refractivity contribution >= 4 is 17.6 Å². The second-order valence-electron chi connectivity index (χ2n) is 7.54. The number of para-hydroxylation sites is 2. The fraction of sp³-hybridized carbons (Fsp3) is 0.200. The summed E-state index contributed by atoms with van der Waals surface area (Å²) < 4.78 is 11.3. The number of fused-ring (bicyclic) bond motifs is 2. The minimum Gasteiger partial charge on any atom is -0.457 e. The van der Waals surface area contributed by atoms with E-state index < -0.39 is 11.9 Å². The first-order chi connectivity index (χ1) is 14.4. The summed E-state index contributed by atoms with van der Waals surface area (Å²) in [5, 5.41) is 2.86. The number of esters is 1. The Labute approximate surface area is 175 Å². The van der Waals surface area contributed by atoms with Crippen molar-refractivity contribution < 1.29 is 19.1 Å². The molecule has 0 spiro atoms. The molecule has 0 atom stereocenters. The lowest BCUT2D eigenvalue weighted by molar-refractivity contribution is -0.148. The Morgan fingerprint density at radius 3 is 2.00 bits per heavy atom. The van der Waals surface area contributed by atoms with Gasteiger partial charge in [-0.3, -0.25) is 9.59 Å². The van der Waals surface area contributed by atoms with Gasteiger partial charge >= 0.3 is 5.97 Å². The number of anilines is 1. The zero-order chi connectivity index (χ0) is 21.3. The summed E-state index contributed by atoms with van der Waals surface area (Å²) in [6.07, 6.45) is 0. The normalized spacial score (nSPS) is 12.4. The van der Waals surface area contributed by atoms with E-state index in [1.165, 1.54) is 0 Å². The van der Waals surface area contributed by atoms with Crippen LogP contribution < -0.4 is 10.1 Å². The van der Waals surface area contributed by atoms with Gasteiger partial charge in [-0.05, 0) is 44.0 Å². The lowest BCUT2D eigenvalue weighted by Crippen LogP contribution is -2.26. The number of hydrogen-bond donors (Lipinski definition) is 1. The predicted molar refractivity (Wildman–Crippen MR) is 115 cm³/mol. The average molecular weight is 401 g/mol. The van der Waals surface area contributed by atoms with Gasteiger partial charge in [0.2, 0.25) is 0 Å². The molecule has 1 aliphatic rings. The Hall–Kier alpha value is -3.60. The van der Waals surface area contributed by atoms with Gasteiger partial charge in [-0.1, -0.05) is 54.1 Å². The van der Waals surface area contributed by atoms with Crippen molar-refractivity contribution in [3.63, 3.8) is 0 Å². The molecule has 4 rings (SSSR count). The van der Waals surface area contributed by atoms with Crippen LogP contribution in [0.2, 0.25) is 0 Å². The number of ether oxygens (including phenoxy) is 2. The molecule has 0 saturated heterocycles. The van der Waals surface area contributed by atoms with Crippen molar-refractivity contribution in [3.05, 3.63) is 88.5 Å². The van der Waals surface area contributed by atoms with Gasteiger partial charge in [0.25, 0.3) is 5.91 Å². The number of nitrogens with one attached hydrogen (secondary N) is 1. The van der Waals surface area contributed by atoms with Gasteiger partial charge in [-0.25, -0.2) is 0 Å². The first-order valence-electron chi connectivity index (χ1n) is 9.84. The summed E-state index contributed by atoms with van der Waals surface area (Å²) in [5.74, 6) is -0.249. The van der Waals surface area contributed by atoms with Crippen LogP contribution in [0.1, 0.15) is 33.7 Å². The molecule has 0 aliphatic carbocycles. The number of benzene rings is 3. The van der Waals surface area contributed by atoms with Gasteiger partial charge in [0.05, 0.1) is 0 Å². The maximum Gasteiger partial charge on any atom is 0.318 e. The highest BCUT2D eigenvalue weighted by Crippen LogP contribution is 2.44. The summed E-state index contributed by atoms with van der Waals surface area (Å²) in [6.45, 7) is 5.54. The fourth-order valence-electron chi connectivity index (χ4n) is 3.94. The Kier molecular flexibility index (Phi) is 5.27. The summed E-state index contributed by atoms with van der Waals surface area (Å²) >= 11 is 0. The lowest BCUT2D eigenvalue weighted by Gasteiger charge is -2.26. The molecule has 5 heteroatoms. The maximum atomic E-state index is 13.0. The molecule has 5 nitrogen and oxygen atoms in total. The second kappa shape index (κ2) is 8.03. The van der Waals surface area contributed by atoms with Crippen LogP contribution in [0, 0.1) is 20.8 Å². The third-order valence-electron chi connectivity index (χ3n) is 5.20. The van der Waals surface area contributed by atoms with Crippen LogP contribution in [0.4, 0.5) is 5.69 Å². The van der Waals surface area contributed by atoms with Crippen LogP contribution in [0.5, 0.6) is 11.5 Å². The largest absolute Gasteiger partial charge is 0.457 e. The topological polar surface area (TPSA) is 64.6 Å². The first kappa shape index (κ1) is 19.7. The van der Waals surface area contributed by atoms with Gasteiger partial charge in [0.15, 0.2) is 6.61 Å². The number of carbonyl (C=O) groups is 2. The van der Waals surface area contributed by atoms with Crippen molar-refractivity contribution in [2.45, 2.75) is 26.7 Å². The monoisotopic (exact) mass is 401 g/mol. The number of amides is 1. The van der Waals surface area contributed by atoms with Crippen molar-refractivity contribution in [1.29, 1.82) is 0 Å². The molecule has 3 aromatic carbocycles. The number of aryl methyl sites for hydroxylation is 3. The minimum absolute atomic E-state index is 0.354. The summed E-state index contributed by atoms with van der Waals surface area (Å²) in [4.78, 5) is 25.5. The molecule has 1 N–H and O–H groups in total. The van der Waals surface area contributed by atoms with Crippen LogP contribution in [-0.4, -0.2) is 18.5 Å². The smallest absolute Gasteiger partial charge is 0.318 e. The van der Waals surface area contributed by atoms with E-state index in [1.807, 2.05) is 81.4 Å². The zero-order valence-electron chi connectivity index (χ0n) is 17.2. The Morgan fingerprint density at radius 2 is 1.43 bits per heavy atom. The van der Waals surface area contributed by atoms with Crippen molar-refractivity contribution in [2.24, 2.45) is 0 Å². The molecular formula is C25H23NO4. The molecule has 0 unspecified atom stereocenters. The van der Waals surface area contributed by atoms with Gasteiger partial charge in [-0.15, -0.1) is 0 Å². The van der Waals surface area contributed by atoms with E-state index in [4.69, 9.17) is 9.47 Å². The highest BCUT2D eigenvalue weighted by molar-refractivity contribution is 5.95. The minimum atomic E-state index is -0.637. The van der Waals surface area contributed by atoms with E-state index in [-0.39, 0.29) is 12.5 Å². The Bertz CT molecular complexity index is 1070. The lowest BCUT2D eigenvalue weighted by atomic mass is 9.88. The van der Waals surface area contributed by atoms with E-state index in [9.17, 15) is 9.59 Å². The molecule has 0 fully saturated rings. The van der Waals surface area contributed by atoms with Crippen molar-refractivity contribution in [2.75, 3.05) is 11.9 Å². The molecule has 30 heavy (non-hydrogen) atoms. The van der Waals surface area contributed by atoms with Crippen LogP contribution in [0.15, 0.2) is 60.7 Å². The van der Waals surface area contributed by atoms with Gasteiger partial charge < -0.3 is 14.8 Å². The second-order valence-corrected chi connectivity index (χ2v) is 7.54. The Morgan fingerprint density at radius 1 is 0.900 bits per heavy atom. The van der Waals surface area contributed by atoms with Crippen LogP contribution >= 0.6 is 0 Å². The van der Waals surface area contributed by atoms with Gasteiger partial charge in [-0.2, -0.15) is 0 Å². The average Bonchev–Trinajstić information content (AvgIpc) is 2.72. The highest BCUT2D eigenvalue weighted by Gasteiger charge is 2.33. The number of rotatable bonds is 4.